The van der Waals surface area contributed by atoms with Crippen molar-refractivity contribution in [2.45, 2.75) is 32.2 Å². The summed E-state index contributed by atoms with van der Waals surface area (Å²) >= 11 is 0. The molecular formula is C13H18F3NO3S. The molecule has 0 bridgehead atoms. The predicted molar refractivity (Wildman–Crippen MR) is 74.9 cm³/mol. The van der Waals surface area contributed by atoms with E-state index < -0.39 is 34.2 Å². The summed E-state index contributed by atoms with van der Waals surface area (Å²) in [5.74, 6) is -5.76. The van der Waals surface area contributed by atoms with Gasteiger partial charge in [0.1, 0.15) is 11.6 Å². The van der Waals surface area contributed by atoms with Crippen LogP contribution < -0.4 is 4.90 Å². The number of nitrogens with zero attached hydrogens (tertiary/aromatic N) is 1. The lowest BCUT2D eigenvalue weighted by atomic mass is 10.1. The van der Waals surface area contributed by atoms with Crippen molar-refractivity contribution in [3.05, 3.63) is 30.1 Å². The third kappa shape index (κ3) is 5.92. The number of anilines is 1. The summed E-state index contributed by atoms with van der Waals surface area (Å²) < 4.78 is 70.4. The minimum absolute atomic E-state index is 0.303. The van der Waals surface area contributed by atoms with Gasteiger partial charge in [0, 0.05) is 11.7 Å². The Morgan fingerprint density at radius 1 is 1.29 bits per heavy atom. The summed E-state index contributed by atoms with van der Waals surface area (Å²) in [5.41, 5.74) is 0.362. The normalized spacial score (nSPS) is 14.0. The van der Waals surface area contributed by atoms with Gasteiger partial charge in [-0.25, -0.2) is 13.2 Å². The van der Waals surface area contributed by atoms with E-state index in [0.29, 0.717) is 12.1 Å². The first-order valence-electron chi connectivity index (χ1n) is 6.39. The third-order valence-corrected chi connectivity index (χ3v) is 3.86. The lowest BCUT2D eigenvalue weighted by Crippen LogP contribution is -2.45. The van der Waals surface area contributed by atoms with Crippen molar-refractivity contribution < 1.29 is 26.1 Å². The van der Waals surface area contributed by atoms with Gasteiger partial charge in [-0.15, -0.1) is 0 Å². The van der Waals surface area contributed by atoms with Crippen LogP contribution in [0.1, 0.15) is 20.3 Å². The van der Waals surface area contributed by atoms with Gasteiger partial charge in [-0.05, 0) is 37.6 Å². The van der Waals surface area contributed by atoms with Crippen LogP contribution in [-0.4, -0.2) is 37.2 Å². The van der Waals surface area contributed by atoms with Crippen LogP contribution in [0.3, 0.4) is 0 Å². The van der Waals surface area contributed by atoms with Gasteiger partial charge in [-0.1, -0.05) is 6.92 Å². The summed E-state index contributed by atoms with van der Waals surface area (Å²) in [7, 11) is -4.79. The average molecular weight is 325 g/mol. The second-order valence-electron chi connectivity index (χ2n) is 4.94. The number of halogens is 3. The molecule has 1 unspecified atom stereocenters. The smallest absolute Gasteiger partial charge is 0.281 e. The number of rotatable bonds is 7. The number of hydrogen-bond acceptors (Lipinski definition) is 3. The van der Waals surface area contributed by atoms with Crippen molar-refractivity contribution in [2.75, 3.05) is 17.2 Å². The largest absolute Gasteiger partial charge is 0.363 e. The number of benzene rings is 1. The Morgan fingerprint density at radius 2 is 1.81 bits per heavy atom. The van der Waals surface area contributed by atoms with Crippen molar-refractivity contribution in [3.8, 4) is 0 Å². The van der Waals surface area contributed by atoms with Crippen LogP contribution in [0, 0.1) is 5.82 Å². The Balaban J connectivity index is 3.01. The molecule has 0 saturated carbocycles. The van der Waals surface area contributed by atoms with Gasteiger partial charge in [-0.2, -0.15) is 8.42 Å². The fourth-order valence-electron chi connectivity index (χ4n) is 1.92. The fourth-order valence-corrected chi connectivity index (χ4v) is 2.54. The molecule has 1 aromatic rings. The maximum atomic E-state index is 13.8. The molecule has 0 spiro atoms. The highest BCUT2D eigenvalue weighted by atomic mass is 32.2. The standard InChI is InChI=1S/C13H18F3NO3S/c1-3-10(2)17(12-6-4-11(14)5-7-12)8-13(15,16)9-21(18,19)20/h4-7,10H,3,8-9H2,1-2H3,(H,18,19,20). The molecule has 0 aliphatic rings. The van der Waals surface area contributed by atoms with Crippen LogP contribution in [0.2, 0.25) is 0 Å². The van der Waals surface area contributed by atoms with Gasteiger partial charge in [0.05, 0.1) is 6.54 Å². The molecule has 1 aromatic carbocycles. The number of alkyl halides is 2. The summed E-state index contributed by atoms with van der Waals surface area (Å²) in [5, 5.41) is 0. The van der Waals surface area contributed by atoms with Crippen molar-refractivity contribution >= 4 is 15.8 Å². The molecule has 0 aliphatic carbocycles. The van der Waals surface area contributed by atoms with E-state index in [-0.39, 0.29) is 6.04 Å². The first-order chi connectivity index (χ1) is 9.54. The molecule has 0 saturated heterocycles. The topological polar surface area (TPSA) is 57.6 Å². The van der Waals surface area contributed by atoms with Crippen molar-refractivity contribution in [2.24, 2.45) is 0 Å². The Kier molecular flexibility index (Phi) is 5.63. The highest BCUT2D eigenvalue weighted by molar-refractivity contribution is 7.85. The minimum Gasteiger partial charge on any atom is -0.363 e. The third-order valence-electron chi connectivity index (χ3n) is 3.08. The van der Waals surface area contributed by atoms with E-state index in [0.717, 1.165) is 12.1 Å². The lowest BCUT2D eigenvalue weighted by Gasteiger charge is -2.33. The van der Waals surface area contributed by atoms with Crippen LogP contribution in [0.4, 0.5) is 18.9 Å². The van der Waals surface area contributed by atoms with E-state index in [9.17, 15) is 21.6 Å². The maximum Gasteiger partial charge on any atom is 0.281 e. The monoisotopic (exact) mass is 325 g/mol. The molecule has 0 aromatic heterocycles. The van der Waals surface area contributed by atoms with E-state index in [1.54, 1.807) is 13.8 Å². The molecule has 0 radical (unpaired) electrons. The Labute approximate surface area is 122 Å². The average Bonchev–Trinajstić information content (AvgIpc) is 2.33. The molecule has 0 amide bonds. The zero-order valence-electron chi connectivity index (χ0n) is 11.8. The Morgan fingerprint density at radius 3 is 2.24 bits per heavy atom. The van der Waals surface area contributed by atoms with Gasteiger partial charge in [-0.3, -0.25) is 4.55 Å². The Hall–Kier alpha value is -1.28. The summed E-state index contributed by atoms with van der Waals surface area (Å²) in [6, 6.07) is 4.69. The second-order valence-corrected chi connectivity index (χ2v) is 6.40. The van der Waals surface area contributed by atoms with Gasteiger partial charge < -0.3 is 4.90 Å². The zero-order valence-corrected chi connectivity index (χ0v) is 12.6. The second kappa shape index (κ2) is 6.65. The molecule has 21 heavy (non-hydrogen) atoms. The van der Waals surface area contributed by atoms with Crippen molar-refractivity contribution in [3.63, 3.8) is 0 Å². The van der Waals surface area contributed by atoms with Gasteiger partial charge >= 0.3 is 0 Å². The van der Waals surface area contributed by atoms with Gasteiger partial charge in [0.2, 0.25) is 0 Å². The lowest BCUT2D eigenvalue weighted by molar-refractivity contribution is 0.0304. The molecule has 0 aliphatic heterocycles. The van der Waals surface area contributed by atoms with E-state index >= 15 is 0 Å². The summed E-state index contributed by atoms with van der Waals surface area (Å²) in [4.78, 5) is 1.30. The fraction of sp³-hybridized carbons (Fsp3) is 0.538. The maximum absolute atomic E-state index is 13.8. The first-order valence-corrected chi connectivity index (χ1v) is 8.00. The highest BCUT2D eigenvalue weighted by Crippen LogP contribution is 2.25. The molecule has 4 nitrogen and oxygen atoms in total. The summed E-state index contributed by atoms with van der Waals surface area (Å²) in [6.45, 7) is 2.61. The molecule has 0 heterocycles. The molecule has 0 fully saturated rings. The van der Waals surface area contributed by atoms with Crippen LogP contribution in [0.25, 0.3) is 0 Å². The molecule has 1 N–H and O–H groups in total. The Bertz CT molecular complexity index is 561. The minimum atomic E-state index is -4.79. The van der Waals surface area contributed by atoms with E-state index in [4.69, 9.17) is 4.55 Å². The summed E-state index contributed by atoms with van der Waals surface area (Å²) in [6.07, 6.45) is 0.541. The number of hydrogen-bond donors (Lipinski definition) is 1. The zero-order chi connectivity index (χ0) is 16.3. The van der Waals surface area contributed by atoms with Crippen LogP contribution in [0.15, 0.2) is 24.3 Å². The van der Waals surface area contributed by atoms with E-state index in [1.807, 2.05) is 0 Å². The van der Waals surface area contributed by atoms with Gasteiger partial charge in [0.15, 0.2) is 0 Å². The molecule has 1 rings (SSSR count). The SMILES string of the molecule is CCC(C)N(CC(F)(F)CS(=O)(=O)O)c1ccc(F)cc1. The van der Waals surface area contributed by atoms with E-state index in [1.165, 1.54) is 17.0 Å². The van der Waals surface area contributed by atoms with Crippen LogP contribution in [0.5, 0.6) is 0 Å². The molecule has 8 heteroatoms. The van der Waals surface area contributed by atoms with Crippen molar-refractivity contribution in [1.82, 2.24) is 0 Å². The first kappa shape index (κ1) is 17.8. The van der Waals surface area contributed by atoms with Crippen molar-refractivity contribution in [1.29, 1.82) is 0 Å². The van der Waals surface area contributed by atoms with Crippen LogP contribution >= 0.6 is 0 Å². The molecular weight excluding hydrogens is 307 g/mol. The quantitative estimate of drug-likeness (QED) is 0.783. The highest BCUT2D eigenvalue weighted by Gasteiger charge is 2.38. The predicted octanol–water partition coefficient (Wildman–Crippen LogP) is 2.95. The van der Waals surface area contributed by atoms with E-state index in [2.05, 4.69) is 0 Å². The van der Waals surface area contributed by atoms with Crippen LogP contribution in [-0.2, 0) is 10.1 Å². The van der Waals surface area contributed by atoms with Gasteiger partial charge in [0.25, 0.3) is 16.0 Å². The molecule has 120 valence electrons. The molecule has 1 atom stereocenters.